The van der Waals surface area contributed by atoms with Gasteiger partial charge in [0.15, 0.2) is 0 Å². The monoisotopic (exact) mass is 331 g/mol. The van der Waals surface area contributed by atoms with Gasteiger partial charge in [0.2, 0.25) is 0 Å². The number of carbonyl (C=O) groups excluding carboxylic acids is 1. The molecule has 1 aromatic carbocycles. The maximum absolute atomic E-state index is 13.7. The molecule has 1 saturated heterocycles. The van der Waals surface area contributed by atoms with E-state index in [1.165, 1.54) is 18.2 Å². The van der Waals surface area contributed by atoms with E-state index < -0.39 is 29.7 Å². The van der Waals surface area contributed by atoms with E-state index in [0.29, 0.717) is 0 Å². The Morgan fingerprint density at radius 2 is 2.16 bits per heavy atom. The highest BCUT2D eigenvalue weighted by molar-refractivity contribution is 9.10. The van der Waals surface area contributed by atoms with E-state index >= 15 is 0 Å². The summed E-state index contributed by atoms with van der Waals surface area (Å²) in [6.07, 6.45) is 0. The van der Waals surface area contributed by atoms with E-state index in [9.17, 15) is 14.0 Å². The molecule has 1 fully saturated rings. The number of nitrogens with one attached hydrogen (secondary N) is 1. The number of carboxylic acid groups (broad SMARTS) is 1. The molecule has 1 heterocycles. The Balaban J connectivity index is 2.13. The second-order valence-electron chi connectivity index (χ2n) is 4.16. The van der Waals surface area contributed by atoms with Crippen molar-refractivity contribution in [1.29, 1.82) is 0 Å². The number of carboxylic acids is 1. The zero-order valence-electron chi connectivity index (χ0n) is 9.73. The van der Waals surface area contributed by atoms with Crippen molar-refractivity contribution in [3.63, 3.8) is 0 Å². The van der Waals surface area contributed by atoms with Gasteiger partial charge in [-0.15, -0.1) is 0 Å². The molecule has 7 heteroatoms. The summed E-state index contributed by atoms with van der Waals surface area (Å²) in [6.45, 7) is 0.152. The van der Waals surface area contributed by atoms with Gasteiger partial charge in [-0.1, -0.05) is 6.07 Å². The van der Waals surface area contributed by atoms with Crippen molar-refractivity contribution in [1.82, 2.24) is 5.32 Å². The molecular weight excluding hydrogens is 321 g/mol. The zero-order valence-corrected chi connectivity index (χ0v) is 11.3. The third-order valence-corrected chi connectivity index (χ3v) is 3.52. The molecule has 1 aromatic rings. The normalized spacial score (nSPS) is 22.2. The molecule has 0 aromatic heterocycles. The van der Waals surface area contributed by atoms with Crippen LogP contribution in [0.5, 0.6) is 0 Å². The van der Waals surface area contributed by atoms with Gasteiger partial charge in [-0.3, -0.25) is 9.59 Å². The van der Waals surface area contributed by atoms with E-state index in [1.54, 1.807) is 0 Å². The Hall–Kier alpha value is -1.47. The van der Waals surface area contributed by atoms with Crippen molar-refractivity contribution in [3.8, 4) is 0 Å². The molecule has 0 bridgehead atoms. The van der Waals surface area contributed by atoms with Gasteiger partial charge in [-0.2, -0.15) is 0 Å². The molecule has 5 nitrogen and oxygen atoms in total. The van der Waals surface area contributed by atoms with Crippen LogP contribution in [0.3, 0.4) is 0 Å². The summed E-state index contributed by atoms with van der Waals surface area (Å²) < 4.78 is 18.9. The SMILES string of the molecule is O=C(NC1COCC1C(=O)O)c1cccc(Br)c1F. The largest absolute Gasteiger partial charge is 0.481 e. The van der Waals surface area contributed by atoms with Crippen LogP contribution in [-0.4, -0.2) is 36.2 Å². The predicted octanol–water partition coefficient (Wildman–Crippen LogP) is 1.42. The lowest BCUT2D eigenvalue weighted by molar-refractivity contribution is -0.142. The molecular formula is C12H11BrFNO4. The minimum absolute atomic E-state index is 0.0429. The molecule has 1 aliphatic heterocycles. The highest BCUT2D eigenvalue weighted by Gasteiger charge is 2.35. The summed E-state index contributed by atoms with van der Waals surface area (Å²) in [6, 6.07) is 3.69. The second kappa shape index (κ2) is 5.66. The Morgan fingerprint density at radius 1 is 1.42 bits per heavy atom. The lowest BCUT2D eigenvalue weighted by Gasteiger charge is -2.16. The van der Waals surface area contributed by atoms with Crippen LogP contribution in [0.25, 0.3) is 0 Å². The highest BCUT2D eigenvalue weighted by atomic mass is 79.9. The second-order valence-corrected chi connectivity index (χ2v) is 5.02. The molecule has 0 radical (unpaired) electrons. The van der Waals surface area contributed by atoms with Gasteiger partial charge < -0.3 is 15.2 Å². The fraction of sp³-hybridized carbons (Fsp3) is 0.333. The molecule has 1 aliphatic rings. The maximum atomic E-state index is 13.7. The summed E-state index contributed by atoms with van der Waals surface area (Å²) in [5, 5.41) is 11.4. The van der Waals surface area contributed by atoms with E-state index in [4.69, 9.17) is 9.84 Å². The van der Waals surface area contributed by atoms with Gasteiger partial charge in [0.25, 0.3) is 5.91 Å². The van der Waals surface area contributed by atoms with Crippen molar-refractivity contribution in [2.75, 3.05) is 13.2 Å². The molecule has 19 heavy (non-hydrogen) atoms. The molecule has 0 aliphatic carbocycles. The molecule has 2 rings (SSSR count). The van der Waals surface area contributed by atoms with Crippen molar-refractivity contribution in [2.45, 2.75) is 6.04 Å². The van der Waals surface area contributed by atoms with E-state index in [1.807, 2.05) is 0 Å². The van der Waals surface area contributed by atoms with Gasteiger partial charge in [0.1, 0.15) is 11.7 Å². The Kier molecular flexibility index (Phi) is 4.16. The topological polar surface area (TPSA) is 75.6 Å². The number of halogens is 2. The third kappa shape index (κ3) is 2.93. The number of aliphatic carboxylic acids is 1. The van der Waals surface area contributed by atoms with Crippen LogP contribution in [0.4, 0.5) is 4.39 Å². The summed E-state index contributed by atoms with van der Waals surface area (Å²) in [5.41, 5.74) is -0.134. The van der Waals surface area contributed by atoms with Crippen molar-refractivity contribution >= 4 is 27.8 Å². The number of rotatable bonds is 3. The van der Waals surface area contributed by atoms with Crippen LogP contribution < -0.4 is 5.32 Å². The van der Waals surface area contributed by atoms with Crippen LogP contribution in [0.1, 0.15) is 10.4 Å². The van der Waals surface area contributed by atoms with Crippen molar-refractivity contribution < 1.29 is 23.8 Å². The summed E-state index contributed by atoms with van der Waals surface area (Å²) in [4.78, 5) is 22.9. The van der Waals surface area contributed by atoms with E-state index in [0.717, 1.165) is 0 Å². The standard InChI is InChI=1S/C12H11BrFNO4/c13-8-3-1-2-6(10(8)14)11(16)15-9-5-19-4-7(9)12(17)18/h1-3,7,9H,4-5H2,(H,15,16)(H,17,18). The number of carbonyl (C=O) groups is 2. The molecule has 1 amide bonds. The Morgan fingerprint density at radius 3 is 2.84 bits per heavy atom. The first-order valence-electron chi connectivity index (χ1n) is 5.56. The minimum atomic E-state index is -1.04. The van der Waals surface area contributed by atoms with Crippen molar-refractivity contribution in [3.05, 3.63) is 34.1 Å². The first kappa shape index (κ1) is 14.0. The van der Waals surface area contributed by atoms with Crippen LogP contribution in [0.15, 0.2) is 22.7 Å². The number of hydrogen-bond acceptors (Lipinski definition) is 3. The highest BCUT2D eigenvalue weighted by Crippen LogP contribution is 2.20. The van der Waals surface area contributed by atoms with Gasteiger partial charge in [0, 0.05) is 0 Å². The number of hydrogen-bond donors (Lipinski definition) is 2. The quantitative estimate of drug-likeness (QED) is 0.878. The summed E-state index contributed by atoms with van der Waals surface area (Å²) in [5.74, 6) is -3.18. The van der Waals surface area contributed by atoms with E-state index in [2.05, 4.69) is 21.2 Å². The third-order valence-electron chi connectivity index (χ3n) is 2.91. The fourth-order valence-corrected chi connectivity index (χ4v) is 2.23. The molecule has 0 saturated carbocycles. The smallest absolute Gasteiger partial charge is 0.311 e. The summed E-state index contributed by atoms with van der Waals surface area (Å²) in [7, 11) is 0. The van der Waals surface area contributed by atoms with Crippen LogP contribution in [0, 0.1) is 11.7 Å². The first-order chi connectivity index (χ1) is 9.00. The van der Waals surface area contributed by atoms with E-state index in [-0.39, 0.29) is 23.2 Å². The predicted molar refractivity (Wildman–Crippen MR) is 67.3 cm³/mol. The van der Waals surface area contributed by atoms with Crippen LogP contribution in [-0.2, 0) is 9.53 Å². The lowest BCUT2D eigenvalue weighted by Crippen LogP contribution is -2.42. The van der Waals surface area contributed by atoms with Gasteiger partial charge in [-0.25, -0.2) is 4.39 Å². The molecule has 2 N–H and O–H groups in total. The fourth-order valence-electron chi connectivity index (χ4n) is 1.87. The van der Waals surface area contributed by atoms with Crippen LogP contribution >= 0.6 is 15.9 Å². The number of ether oxygens (including phenoxy) is 1. The Bertz CT molecular complexity index is 522. The van der Waals surface area contributed by atoms with Crippen molar-refractivity contribution in [2.24, 2.45) is 5.92 Å². The Labute approximate surface area is 116 Å². The maximum Gasteiger partial charge on any atom is 0.311 e. The average molecular weight is 332 g/mol. The number of benzene rings is 1. The molecule has 0 spiro atoms. The van der Waals surface area contributed by atoms with Crippen LogP contribution in [0.2, 0.25) is 0 Å². The first-order valence-corrected chi connectivity index (χ1v) is 6.35. The van der Waals surface area contributed by atoms with Gasteiger partial charge in [-0.05, 0) is 28.1 Å². The number of amides is 1. The summed E-state index contributed by atoms with van der Waals surface area (Å²) >= 11 is 2.99. The molecule has 102 valence electrons. The molecule has 2 atom stereocenters. The zero-order chi connectivity index (χ0) is 14.0. The lowest BCUT2D eigenvalue weighted by atomic mass is 10.0. The van der Waals surface area contributed by atoms with Gasteiger partial charge in [0.05, 0.1) is 29.3 Å². The minimum Gasteiger partial charge on any atom is -0.481 e. The van der Waals surface area contributed by atoms with Gasteiger partial charge >= 0.3 is 5.97 Å². The molecule has 2 unspecified atom stereocenters. The average Bonchev–Trinajstić information content (AvgIpc) is 2.80.